The molecule has 15 heavy (non-hydrogen) atoms. The zero-order valence-electron chi connectivity index (χ0n) is 9.11. The van der Waals surface area contributed by atoms with Crippen LogP contribution in [0.5, 0.6) is 0 Å². The van der Waals surface area contributed by atoms with Crippen molar-refractivity contribution in [3.8, 4) is 0 Å². The molecule has 1 saturated heterocycles. The summed E-state index contributed by atoms with van der Waals surface area (Å²) >= 11 is 0. The van der Waals surface area contributed by atoms with Crippen molar-refractivity contribution in [2.45, 2.75) is 24.2 Å². The van der Waals surface area contributed by atoms with Crippen LogP contribution >= 0.6 is 0 Å². The maximum Gasteiger partial charge on any atom is 0.0498 e. The van der Waals surface area contributed by atoms with Gasteiger partial charge in [0, 0.05) is 40.7 Å². The third-order valence-corrected chi connectivity index (χ3v) is 3.79. The van der Waals surface area contributed by atoms with Gasteiger partial charge in [0.25, 0.3) is 0 Å². The summed E-state index contributed by atoms with van der Waals surface area (Å²) in [7, 11) is -0.870. The maximum absolute atomic E-state index is 11.4. The van der Waals surface area contributed by atoms with Crippen LogP contribution in [0, 0.1) is 0 Å². The first-order valence-electron chi connectivity index (χ1n) is 5.46. The Morgan fingerprint density at radius 1 is 1.20 bits per heavy atom. The van der Waals surface area contributed by atoms with Crippen LogP contribution in [-0.2, 0) is 10.8 Å². The molecular formula is C12H17NOS. The van der Waals surface area contributed by atoms with Crippen LogP contribution in [0.2, 0.25) is 0 Å². The molecule has 0 bridgehead atoms. The number of hydrogen-bond donors (Lipinski definition) is 0. The first-order chi connectivity index (χ1) is 7.27. The first kappa shape index (κ1) is 10.7. The van der Waals surface area contributed by atoms with Gasteiger partial charge in [0.2, 0.25) is 0 Å². The molecule has 1 aromatic carbocycles. The lowest BCUT2D eigenvalue weighted by Gasteiger charge is -2.29. The van der Waals surface area contributed by atoms with Gasteiger partial charge in [-0.2, -0.15) is 0 Å². The molecule has 1 aromatic rings. The Morgan fingerprint density at radius 3 is 2.60 bits per heavy atom. The Bertz CT molecular complexity index is 358. The summed E-state index contributed by atoms with van der Waals surface area (Å²) in [4.78, 5) is 3.32. The zero-order chi connectivity index (χ0) is 10.7. The van der Waals surface area contributed by atoms with Gasteiger partial charge >= 0.3 is 0 Å². The van der Waals surface area contributed by atoms with Crippen molar-refractivity contribution in [2.75, 3.05) is 24.2 Å². The number of rotatable bonds is 2. The fourth-order valence-electron chi connectivity index (χ4n) is 2.01. The number of hydrogen-bond acceptors (Lipinski definition) is 2. The summed E-state index contributed by atoms with van der Waals surface area (Å²) in [6.07, 6.45) is 5.63. The Labute approximate surface area is 93.7 Å². The highest BCUT2D eigenvalue weighted by molar-refractivity contribution is 7.84. The zero-order valence-corrected chi connectivity index (χ0v) is 9.93. The van der Waals surface area contributed by atoms with E-state index in [9.17, 15) is 4.21 Å². The highest BCUT2D eigenvalue weighted by atomic mass is 32.2. The van der Waals surface area contributed by atoms with E-state index < -0.39 is 10.8 Å². The van der Waals surface area contributed by atoms with Gasteiger partial charge in [-0.05, 0) is 37.5 Å². The van der Waals surface area contributed by atoms with E-state index in [2.05, 4.69) is 17.0 Å². The van der Waals surface area contributed by atoms with Crippen LogP contribution in [0.1, 0.15) is 19.3 Å². The highest BCUT2D eigenvalue weighted by Crippen LogP contribution is 2.21. The fraction of sp³-hybridized carbons (Fsp3) is 0.500. The molecule has 3 heteroatoms. The van der Waals surface area contributed by atoms with Gasteiger partial charge in [0.05, 0.1) is 0 Å². The minimum atomic E-state index is -0.870. The van der Waals surface area contributed by atoms with E-state index in [4.69, 9.17) is 0 Å². The van der Waals surface area contributed by atoms with Crippen molar-refractivity contribution in [3.05, 3.63) is 24.3 Å². The molecule has 1 atom stereocenters. The van der Waals surface area contributed by atoms with E-state index in [0.29, 0.717) is 0 Å². The summed E-state index contributed by atoms with van der Waals surface area (Å²) in [5.41, 5.74) is 1.22. The molecule has 2 rings (SSSR count). The topological polar surface area (TPSA) is 20.3 Å². The molecular weight excluding hydrogens is 206 g/mol. The minimum absolute atomic E-state index is 0.870. The minimum Gasteiger partial charge on any atom is -0.372 e. The summed E-state index contributed by atoms with van der Waals surface area (Å²) in [6, 6.07) is 8.10. The second kappa shape index (κ2) is 4.79. The van der Waals surface area contributed by atoms with Gasteiger partial charge in [-0.1, -0.05) is 6.07 Å². The smallest absolute Gasteiger partial charge is 0.0498 e. The Morgan fingerprint density at radius 2 is 1.93 bits per heavy atom. The third kappa shape index (κ3) is 2.59. The lowest BCUT2D eigenvalue weighted by molar-refractivity contribution is 0.577. The second-order valence-corrected chi connectivity index (χ2v) is 5.38. The predicted octanol–water partition coefficient (Wildman–Crippen LogP) is 2.41. The van der Waals surface area contributed by atoms with Crippen molar-refractivity contribution < 1.29 is 4.21 Å². The molecule has 1 unspecified atom stereocenters. The molecule has 1 aliphatic rings. The van der Waals surface area contributed by atoms with Crippen molar-refractivity contribution in [1.29, 1.82) is 0 Å². The third-order valence-electron chi connectivity index (χ3n) is 2.87. The van der Waals surface area contributed by atoms with Gasteiger partial charge in [0.1, 0.15) is 0 Å². The highest BCUT2D eigenvalue weighted by Gasteiger charge is 2.11. The molecule has 0 spiro atoms. The van der Waals surface area contributed by atoms with E-state index in [1.807, 2.05) is 12.1 Å². The molecule has 1 aliphatic heterocycles. The lowest BCUT2D eigenvalue weighted by atomic mass is 10.1. The Balaban J connectivity index is 2.19. The van der Waals surface area contributed by atoms with Gasteiger partial charge in [-0.25, -0.2) is 0 Å². The monoisotopic (exact) mass is 223 g/mol. The van der Waals surface area contributed by atoms with E-state index in [1.165, 1.54) is 24.9 Å². The molecule has 0 aliphatic carbocycles. The maximum atomic E-state index is 11.4. The van der Waals surface area contributed by atoms with E-state index in [0.717, 1.165) is 18.0 Å². The fourth-order valence-corrected chi connectivity index (χ4v) is 2.57. The SMILES string of the molecule is CS(=O)c1cccc(N2CCCCC2)c1. The molecule has 0 saturated carbocycles. The molecule has 82 valence electrons. The van der Waals surface area contributed by atoms with Crippen molar-refractivity contribution in [2.24, 2.45) is 0 Å². The van der Waals surface area contributed by atoms with Crippen molar-refractivity contribution in [3.63, 3.8) is 0 Å². The van der Waals surface area contributed by atoms with Crippen LogP contribution in [-0.4, -0.2) is 23.6 Å². The summed E-state index contributed by atoms with van der Waals surface area (Å²) in [5, 5.41) is 0. The molecule has 2 nitrogen and oxygen atoms in total. The number of piperidine rings is 1. The summed E-state index contributed by atoms with van der Waals surface area (Å²) in [5.74, 6) is 0. The molecule has 0 radical (unpaired) electrons. The molecule has 0 amide bonds. The quantitative estimate of drug-likeness (QED) is 0.767. The second-order valence-electron chi connectivity index (χ2n) is 4.00. The number of benzene rings is 1. The normalized spacial score (nSPS) is 18.9. The molecule has 1 fully saturated rings. The molecule has 0 N–H and O–H groups in total. The van der Waals surface area contributed by atoms with Crippen LogP contribution in [0.4, 0.5) is 5.69 Å². The molecule has 0 aromatic heterocycles. The average Bonchev–Trinajstić information content (AvgIpc) is 2.30. The van der Waals surface area contributed by atoms with Crippen LogP contribution in [0.3, 0.4) is 0 Å². The van der Waals surface area contributed by atoms with Crippen molar-refractivity contribution >= 4 is 16.5 Å². The van der Waals surface area contributed by atoms with E-state index >= 15 is 0 Å². The summed E-state index contributed by atoms with van der Waals surface area (Å²) in [6.45, 7) is 2.28. The number of nitrogens with zero attached hydrogens (tertiary/aromatic N) is 1. The first-order valence-corrected chi connectivity index (χ1v) is 7.01. The van der Waals surface area contributed by atoms with Gasteiger partial charge in [-0.15, -0.1) is 0 Å². The van der Waals surface area contributed by atoms with Crippen molar-refractivity contribution in [1.82, 2.24) is 0 Å². The van der Waals surface area contributed by atoms with Gasteiger partial charge in [-0.3, -0.25) is 4.21 Å². The lowest BCUT2D eigenvalue weighted by Crippen LogP contribution is -2.29. The largest absolute Gasteiger partial charge is 0.372 e. The van der Waals surface area contributed by atoms with Crippen LogP contribution in [0.15, 0.2) is 29.2 Å². The predicted molar refractivity (Wildman–Crippen MR) is 64.8 cm³/mol. The van der Waals surface area contributed by atoms with Gasteiger partial charge in [0.15, 0.2) is 0 Å². The average molecular weight is 223 g/mol. The standard InChI is InChI=1S/C12H17NOS/c1-15(14)12-7-5-6-11(10-12)13-8-3-2-4-9-13/h5-7,10H,2-4,8-9H2,1H3. The van der Waals surface area contributed by atoms with E-state index in [1.54, 1.807) is 6.26 Å². The molecule has 1 heterocycles. The van der Waals surface area contributed by atoms with Crippen LogP contribution < -0.4 is 4.90 Å². The van der Waals surface area contributed by atoms with Gasteiger partial charge < -0.3 is 4.90 Å². The Kier molecular flexibility index (Phi) is 3.41. The Hall–Kier alpha value is -0.830. The van der Waals surface area contributed by atoms with E-state index in [-0.39, 0.29) is 0 Å². The summed E-state index contributed by atoms with van der Waals surface area (Å²) < 4.78 is 11.4. The number of anilines is 1. The van der Waals surface area contributed by atoms with Crippen LogP contribution in [0.25, 0.3) is 0 Å².